The number of hydrogen-bond acceptors (Lipinski definition) is 5. The van der Waals surface area contributed by atoms with Crippen molar-refractivity contribution in [3.05, 3.63) is 0 Å². The van der Waals surface area contributed by atoms with Crippen molar-refractivity contribution < 1.29 is 24.5 Å². The van der Waals surface area contributed by atoms with Crippen LogP contribution in [0.1, 0.15) is 20.8 Å². The van der Waals surface area contributed by atoms with Gasteiger partial charge in [-0.2, -0.15) is 0 Å². The molecule has 0 spiro atoms. The highest BCUT2D eigenvalue weighted by Gasteiger charge is 1.75. The van der Waals surface area contributed by atoms with Crippen molar-refractivity contribution >= 4 is 5.97 Å². The highest BCUT2D eigenvalue weighted by Crippen LogP contribution is 1.60. The standard InChI is InChI=1S/C3H6O2.C3H8O.C2H6O.CH4O/c1-3(4)5-2;1-3-4-2;1-2-3;1-2/h1-2H3;3H2,1-2H3;3H,2H2,1H3;2H,1H3. The molecule has 0 rings (SSSR count). The van der Waals surface area contributed by atoms with Crippen molar-refractivity contribution in [2.24, 2.45) is 0 Å². The third-order valence-corrected chi connectivity index (χ3v) is 0.576. The van der Waals surface area contributed by atoms with E-state index in [-0.39, 0.29) is 12.6 Å². The summed E-state index contributed by atoms with van der Waals surface area (Å²) < 4.78 is 8.65. The van der Waals surface area contributed by atoms with Crippen LogP contribution >= 0.6 is 0 Å². The molecule has 0 amide bonds. The average molecular weight is 212 g/mol. The Labute approximate surface area is 86.7 Å². The van der Waals surface area contributed by atoms with E-state index in [0.29, 0.717) is 0 Å². The molecule has 0 aliphatic rings. The molecule has 0 fully saturated rings. The summed E-state index contributed by atoms with van der Waals surface area (Å²) in [5.74, 6) is -0.245. The van der Waals surface area contributed by atoms with E-state index in [4.69, 9.17) is 10.2 Å². The van der Waals surface area contributed by atoms with Crippen LogP contribution in [0, 0.1) is 0 Å². The summed E-state index contributed by atoms with van der Waals surface area (Å²) in [5.41, 5.74) is 0. The summed E-state index contributed by atoms with van der Waals surface area (Å²) in [6.45, 7) is 6.07. The number of hydrogen-bond donors (Lipinski definition) is 2. The predicted molar refractivity (Wildman–Crippen MR) is 56.1 cm³/mol. The Kier molecular flexibility index (Phi) is 65.6. The number of esters is 1. The zero-order valence-corrected chi connectivity index (χ0v) is 10.0. The minimum absolute atomic E-state index is 0.245. The smallest absolute Gasteiger partial charge is 0.302 e. The summed E-state index contributed by atoms with van der Waals surface area (Å²) in [6.07, 6.45) is 0. The fourth-order valence-corrected chi connectivity index (χ4v) is 0. The van der Waals surface area contributed by atoms with E-state index in [0.717, 1.165) is 13.7 Å². The third kappa shape index (κ3) is 220. The lowest BCUT2D eigenvalue weighted by molar-refractivity contribution is -0.137. The van der Waals surface area contributed by atoms with Gasteiger partial charge >= 0.3 is 5.97 Å². The molecule has 0 saturated carbocycles. The van der Waals surface area contributed by atoms with Gasteiger partial charge in [0.2, 0.25) is 0 Å². The van der Waals surface area contributed by atoms with Crippen molar-refractivity contribution in [3.63, 3.8) is 0 Å². The molecular formula is C9H24O5. The van der Waals surface area contributed by atoms with Crippen LogP contribution < -0.4 is 0 Å². The van der Waals surface area contributed by atoms with Gasteiger partial charge in [0.1, 0.15) is 0 Å². The molecule has 0 atom stereocenters. The summed E-state index contributed by atoms with van der Waals surface area (Å²) >= 11 is 0. The first-order valence-electron chi connectivity index (χ1n) is 4.19. The fraction of sp³-hybridized carbons (Fsp3) is 0.889. The Morgan fingerprint density at radius 2 is 1.36 bits per heavy atom. The second kappa shape index (κ2) is 39.5. The maximum absolute atomic E-state index is 9.59. The second-order valence-corrected chi connectivity index (χ2v) is 1.59. The minimum Gasteiger partial charge on any atom is -0.469 e. The molecule has 5 nitrogen and oxygen atoms in total. The Balaban J connectivity index is -0.0000000505. The fourth-order valence-electron chi connectivity index (χ4n) is 0. The summed E-state index contributed by atoms with van der Waals surface area (Å²) in [4.78, 5) is 9.59. The SMILES string of the molecule is CCO.CCOC.CO.COC(C)=O. The van der Waals surface area contributed by atoms with Gasteiger partial charge in [-0.1, -0.05) is 0 Å². The van der Waals surface area contributed by atoms with Crippen molar-refractivity contribution in [1.82, 2.24) is 0 Å². The molecule has 0 aromatic carbocycles. The molecule has 0 heterocycles. The van der Waals surface area contributed by atoms with Crippen LogP contribution in [0.3, 0.4) is 0 Å². The van der Waals surface area contributed by atoms with Gasteiger partial charge in [0.15, 0.2) is 0 Å². The average Bonchev–Trinajstić information content (AvgIpc) is 2.22. The third-order valence-electron chi connectivity index (χ3n) is 0.576. The first-order valence-corrected chi connectivity index (χ1v) is 4.19. The molecule has 5 heteroatoms. The zero-order chi connectivity index (χ0) is 12.4. The Morgan fingerprint density at radius 3 is 1.36 bits per heavy atom. The van der Waals surface area contributed by atoms with E-state index in [1.54, 1.807) is 14.0 Å². The quantitative estimate of drug-likeness (QED) is 0.617. The Morgan fingerprint density at radius 1 is 1.21 bits per heavy atom. The largest absolute Gasteiger partial charge is 0.469 e. The van der Waals surface area contributed by atoms with Crippen LogP contribution in [0.5, 0.6) is 0 Å². The molecule has 0 aliphatic heterocycles. The molecule has 0 aromatic rings. The number of aliphatic hydroxyl groups excluding tert-OH is 2. The van der Waals surface area contributed by atoms with Gasteiger partial charge < -0.3 is 19.7 Å². The molecular weight excluding hydrogens is 188 g/mol. The molecule has 2 N–H and O–H groups in total. The van der Waals surface area contributed by atoms with Crippen molar-refractivity contribution in [1.29, 1.82) is 0 Å². The number of carbonyl (C=O) groups excluding carboxylic acids is 1. The number of methoxy groups -OCH3 is 2. The normalized spacial score (nSPS) is 6.29. The number of rotatable bonds is 1. The molecule has 0 saturated heterocycles. The van der Waals surface area contributed by atoms with Crippen LogP contribution in [-0.2, 0) is 14.3 Å². The van der Waals surface area contributed by atoms with E-state index in [9.17, 15) is 4.79 Å². The maximum atomic E-state index is 9.59. The number of carbonyl (C=O) groups is 1. The Hall–Kier alpha value is -0.650. The monoisotopic (exact) mass is 212 g/mol. The van der Waals surface area contributed by atoms with Gasteiger partial charge in [-0.25, -0.2) is 0 Å². The molecule has 90 valence electrons. The predicted octanol–water partition coefficient (Wildman–Crippen LogP) is 0.439. The first-order chi connectivity index (χ1) is 6.60. The lowest BCUT2D eigenvalue weighted by Crippen LogP contribution is -1.88. The minimum atomic E-state index is -0.245. The van der Waals surface area contributed by atoms with Gasteiger partial charge in [-0.3, -0.25) is 4.79 Å². The van der Waals surface area contributed by atoms with Gasteiger partial charge in [0.05, 0.1) is 7.11 Å². The van der Waals surface area contributed by atoms with E-state index >= 15 is 0 Å². The van der Waals surface area contributed by atoms with Crippen LogP contribution in [0.15, 0.2) is 0 Å². The van der Waals surface area contributed by atoms with Crippen LogP contribution in [0.4, 0.5) is 0 Å². The van der Waals surface area contributed by atoms with Gasteiger partial charge in [0.25, 0.3) is 0 Å². The van der Waals surface area contributed by atoms with Crippen molar-refractivity contribution in [2.45, 2.75) is 20.8 Å². The van der Waals surface area contributed by atoms with E-state index in [1.165, 1.54) is 14.0 Å². The topological polar surface area (TPSA) is 76.0 Å². The van der Waals surface area contributed by atoms with Crippen LogP contribution in [0.2, 0.25) is 0 Å². The highest BCUT2D eigenvalue weighted by molar-refractivity contribution is 5.65. The molecule has 0 aliphatic carbocycles. The summed E-state index contributed by atoms with van der Waals surface area (Å²) in [7, 11) is 4.03. The van der Waals surface area contributed by atoms with Crippen molar-refractivity contribution in [3.8, 4) is 0 Å². The van der Waals surface area contributed by atoms with Crippen LogP contribution in [0.25, 0.3) is 0 Å². The molecule has 0 radical (unpaired) electrons. The lowest BCUT2D eigenvalue weighted by Gasteiger charge is -1.80. The van der Waals surface area contributed by atoms with E-state index in [1.807, 2.05) is 6.92 Å². The van der Waals surface area contributed by atoms with E-state index in [2.05, 4.69) is 9.47 Å². The Bertz CT molecular complexity index is 73.6. The number of aliphatic hydroxyl groups is 2. The van der Waals surface area contributed by atoms with Gasteiger partial charge in [-0.05, 0) is 13.8 Å². The number of ether oxygens (including phenoxy) is 2. The molecule has 0 unspecified atom stereocenters. The molecule has 14 heavy (non-hydrogen) atoms. The molecule has 0 bridgehead atoms. The van der Waals surface area contributed by atoms with Crippen molar-refractivity contribution in [2.75, 3.05) is 34.5 Å². The molecule has 0 aromatic heterocycles. The summed E-state index contributed by atoms with van der Waals surface area (Å²) in [5, 5.41) is 14.6. The van der Waals surface area contributed by atoms with E-state index < -0.39 is 0 Å². The summed E-state index contributed by atoms with van der Waals surface area (Å²) in [6, 6.07) is 0. The maximum Gasteiger partial charge on any atom is 0.302 e. The zero-order valence-electron chi connectivity index (χ0n) is 10.0. The van der Waals surface area contributed by atoms with Gasteiger partial charge in [-0.15, -0.1) is 0 Å². The first kappa shape index (κ1) is 23.3. The van der Waals surface area contributed by atoms with Crippen LogP contribution in [-0.4, -0.2) is 50.7 Å². The lowest BCUT2D eigenvalue weighted by atomic mass is 10.8. The van der Waals surface area contributed by atoms with Gasteiger partial charge in [0, 0.05) is 34.4 Å². The highest BCUT2D eigenvalue weighted by atomic mass is 16.5. The second-order valence-electron chi connectivity index (χ2n) is 1.59.